The lowest BCUT2D eigenvalue weighted by atomic mass is 9.75. The van der Waals surface area contributed by atoms with E-state index < -0.39 is 0 Å². The van der Waals surface area contributed by atoms with Gasteiger partial charge in [0.15, 0.2) is 0 Å². The molecule has 3 heteroatoms. The SMILES string of the molecule is COc1ccccc1C1CC(NC2CCC(O)CC2)C1. The third-order valence-corrected chi connectivity index (χ3v) is 4.88. The zero-order valence-corrected chi connectivity index (χ0v) is 12.2. The van der Waals surface area contributed by atoms with Crippen molar-refractivity contribution in [3.05, 3.63) is 29.8 Å². The lowest BCUT2D eigenvalue weighted by Crippen LogP contribution is -2.47. The molecule has 2 aliphatic carbocycles. The molecule has 3 rings (SSSR count). The van der Waals surface area contributed by atoms with Crippen LogP contribution < -0.4 is 10.1 Å². The first kappa shape index (κ1) is 13.9. The minimum Gasteiger partial charge on any atom is -0.496 e. The molecular weight excluding hydrogens is 250 g/mol. The number of para-hydroxylation sites is 1. The van der Waals surface area contributed by atoms with Gasteiger partial charge in [0.05, 0.1) is 13.2 Å². The number of rotatable bonds is 4. The second kappa shape index (κ2) is 6.15. The zero-order valence-electron chi connectivity index (χ0n) is 12.2. The Morgan fingerprint density at radius 3 is 2.45 bits per heavy atom. The van der Waals surface area contributed by atoms with E-state index in [1.54, 1.807) is 7.11 Å². The van der Waals surface area contributed by atoms with Crippen LogP contribution in [0.4, 0.5) is 0 Å². The summed E-state index contributed by atoms with van der Waals surface area (Å²) in [6.45, 7) is 0. The average Bonchev–Trinajstić information content (AvgIpc) is 2.44. The second-order valence-corrected chi connectivity index (χ2v) is 6.28. The molecule has 0 atom stereocenters. The molecule has 2 N–H and O–H groups in total. The molecule has 2 aliphatic rings. The average molecular weight is 275 g/mol. The minimum atomic E-state index is -0.0595. The van der Waals surface area contributed by atoms with Crippen molar-refractivity contribution in [1.29, 1.82) is 0 Å². The van der Waals surface area contributed by atoms with E-state index in [0.29, 0.717) is 18.0 Å². The number of hydrogen-bond donors (Lipinski definition) is 2. The molecule has 1 aromatic carbocycles. The Labute approximate surface area is 121 Å². The van der Waals surface area contributed by atoms with Crippen LogP contribution in [0.2, 0.25) is 0 Å². The Kier molecular flexibility index (Phi) is 4.27. The first-order valence-corrected chi connectivity index (χ1v) is 7.83. The quantitative estimate of drug-likeness (QED) is 0.888. The molecule has 20 heavy (non-hydrogen) atoms. The maximum Gasteiger partial charge on any atom is 0.122 e. The van der Waals surface area contributed by atoms with Gasteiger partial charge in [0.2, 0.25) is 0 Å². The van der Waals surface area contributed by atoms with Gasteiger partial charge in [-0.25, -0.2) is 0 Å². The van der Waals surface area contributed by atoms with Crippen molar-refractivity contribution in [2.75, 3.05) is 7.11 Å². The van der Waals surface area contributed by atoms with Gasteiger partial charge in [-0.3, -0.25) is 0 Å². The third kappa shape index (κ3) is 2.99. The smallest absolute Gasteiger partial charge is 0.122 e. The molecule has 0 spiro atoms. The molecule has 0 amide bonds. The maximum atomic E-state index is 9.54. The first-order chi connectivity index (χ1) is 9.76. The minimum absolute atomic E-state index is 0.0595. The van der Waals surface area contributed by atoms with Crippen LogP contribution in [0.25, 0.3) is 0 Å². The van der Waals surface area contributed by atoms with Crippen molar-refractivity contribution in [2.45, 2.75) is 62.6 Å². The summed E-state index contributed by atoms with van der Waals surface area (Å²) in [7, 11) is 1.75. The number of aliphatic hydroxyl groups excluding tert-OH is 1. The van der Waals surface area contributed by atoms with E-state index in [1.165, 1.54) is 18.4 Å². The highest BCUT2D eigenvalue weighted by Gasteiger charge is 2.33. The highest BCUT2D eigenvalue weighted by molar-refractivity contribution is 5.37. The van der Waals surface area contributed by atoms with E-state index >= 15 is 0 Å². The number of nitrogens with one attached hydrogen (secondary N) is 1. The van der Waals surface area contributed by atoms with Crippen LogP contribution in [0, 0.1) is 0 Å². The summed E-state index contributed by atoms with van der Waals surface area (Å²) < 4.78 is 5.45. The lowest BCUT2D eigenvalue weighted by Gasteiger charge is -2.40. The Morgan fingerprint density at radius 2 is 1.75 bits per heavy atom. The Bertz CT molecular complexity index is 434. The maximum absolute atomic E-state index is 9.54. The predicted octanol–water partition coefficient (Wildman–Crippen LogP) is 2.83. The second-order valence-electron chi connectivity index (χ2n) is 6.28. The normalized spacial score (nSPS) is 33.5. The topological polar surface area (TPSA) is 41.5 Å². The third-order valence-electron chi connectivity index (χ3n) is 4.88. The fraction of sp³-hybridized carbons (Fsp3) is 0.647. The van der Waals surface area contributed by atoms with Crippen LogP contribution >= 0.6 is 0 Å². The summed E-state index contributed by atoms with van der Waals surface area (Å²) in [4.78, 5) is 0. The Hall–Kier alpha value is -1.06. The molecule has 0 saturated heterocycles. The van der Waals surface area contributed by atoms with Gasteiger partial charge in [-0.15, -0.1) is 0 Å². The van der Waals surface area contributed by atoms with Gasteiger partial charge in [0, 0.05) is 12.1 Å². The molecule has 110 valence electrons. The van der Waals surface area contributed by atoms with Gasteiger partial charge in [0.25, 0.3) is 0 Å². The van der Waals surface area contributed by atoms with Crippen molar-refractivity contribution in [3.63, 3.8) is 0 Å². The van der Waals surface area contributed by atoms with Crippen molar-refractivity contribution < 1.29 is 9.84 Å². The summed E-state index contributed by atoms with van der Waals surface area (Å²) in [6, 6.07) is 9.63. The number of benzene rings is 1. The Balaban J connectivity index is 1.49. The van der Waals surface area contributed by atoms with E-state index in [0.717, 1.165) is 31.4 Å². The van der Waals surface area contributed by atoms with Gasteiger partial charge in [-0.2, -0.15) is 0 Å². The van der Waals surface area contributed by atoms with E-state index in [2.05, 4.69) is 23.5 Å². The molecular formula is C17H25NO2. The fourth-order valence-electron chi connectivity index (χ4n) is 3.59. The lowest BCUT2D eigenvalue weighted by molar-refractivity contribution is 0.108. The predicted molar refractivity (Wildman–Crippen MR) is 80.2 cm³/mol. The van der Waals surface area contributed by atoms with Gasteiger partial charge in [-0.1, -0.05) is 18.2 Å². The van der Waals surface area contributed by atoms with Crippen LogP contribution in [0.15, 0.2) is 24.3 Å². The van der Waals surface area contributed by atoms with Gasteiger partial charge >= 0.3 is 0 Å². The molecule has 2 fully saturated rings. The van der Waals surface area contributed by atoms with Gasteiger partial charge in [0.1, 0.15) is 5.75 Å². The van der Waals surface area contributed by atoms with Crippen LogP contribution in [-0.4, -0.2) is 30.4 Å². The number of methoxy groups -OCH3 is 1. The van der Waals surface area contributed by atoms with E-state index in [-0.39, 0.29) is 6.10 Å². The summed E-state index contributed by atoms with van der Waals surface area (Å²) in [5.74, 6) is 1.66. The largest absolute Gasteiger partial charge is 0.496 e. The Morgan fingerprint density at radius 1 is 1.05 bits per heavy atom. The number of hydrogen-bond acceptors (Lipinski definition) is 3. The molecule has 0 radical (unpaired) electrons. The molecule has 3 nitrogen and oxygen atoms in total. The van der Waals surface area contributed by atoms with Crippen molar-refractivity contribution in [2.24, 2.45) is 0 Å². The molecule has 0 bridgehead atoms. The van der Waals surface area contributed by atoms with Gasteiger partial charge < -0.3 is 15.2 Å². The highest BCUT2D eigenvalue weighted by Crippen LogP contribution is 2.41. The standard InChI is InChI=1S/C17H25NO2/c1-20-17-5-3-2-4-16(17)12-10-14(11-12)18-13-6-8-15(19)9-7-13/h2-5,12-15,18-19H,6-11H2,1H3. The van der Waals surface area contributed by atoms with E-state index in [4.69, 9.17) is 4.74 Å². The molecule has 0 heterocycles. The summed E-state index contributed by atoms with van der Waals surface area (Å²) >= 11 is 0. The van der Waals surface area contributed by atoms with Crippen LogP contribution in [-0.2, 0) is 0 Å². The summed E-state index contributed by atoms with van der Waals surface area (Å²) in [5, 5.41) is 13.3. The fourth-order valence-corrected chi connectivity index (χ4v) is 3.59. The van der Waals surface area contributed by atoms with Crippen molar-refractivity contribution in [1.82, 2.24) is 5.32 Å². The summed E-state index contributed by atoms with van der Waals surface area (Å²) in [6.07, 6.45) is 6.52. The number of aliphatic hydroxyl groups is 1. The van der Waals surface area contributed by atoms with Crippen molar-refractivity contribution >= 4 is 0 Å². The number of ether oxygens (including phenoxy) is 1. The zero-order chi connectivity index (χ0) is 13.9. The molecule has 1 aromatic rings. The van der Waals surface area contributed by atoms with Gasteiger partial charge in [-0.05, 0) is 56.1 Å². The highest BCUT2D eigenvalue weighted by atomic mass is 16.5. The molecule has 2 saturated carbocycles. The monoisotopic (exact) mass is 275 g/mol. The van der Waals surface area contributed by atoms with Crippen LogP contribution in [0.5, 0.6) is 5.75 Å². The van der Waals surface area contributed by atoms with E-state index in [9.17, 15) is 5.11 Å². The van der Waals surface area contributed by atoms with Crippen molar-refractivity contribution in [3.8, 4) is 5.75 Å². The van der Waals surface area contributed by atoms with Crippen LogP contribution in [0.1, 0.15) is 50.0 Å². The molecule has 0 aromatic heterocycles. The van der Waals surface area contributed by atoms with E-state index in [1.807, 2.05) is 6.07 Å². The first-order valence-electron chi connectivity index (χ1n) is 7.83. The molecule has 0 unspecified atom stereocenters. The van der Waals surface area contributed by atoms with Crippen LogP contribution in [0.3, 0.4) is 0 Å². The molecule has 0 aliphatic heterocycles. The summed E-state index contributed by atoms with van der Waals surface area (Å²) in [5.41, 5.74) is 1.35.